The van der Waals surface area contributed by atoms with Gasteiger partial charge in [0.05, 0.1) is 0 Å². The van der Waals surface area contributed by atoms with Crippen LogP contribution >= 0.6 is 15.9 Å². The van der Waals surface area contributed by atoms with Gasteiger partial charge in [-0.1, -0.05) is 53.1 Å². The monoisotopic (exact) mass is 214 g/mol. The minimum Gasteiger partial charge on any atom is -0.0928 e. The number of hydrogen-bond donors (Lipinski definition) is 0. The maximum Gasteiger partial charge on any atom is 0.00313 e. The first-order valence-corrected chi connectivity index (χ1v) is 5.46. The number of unbranched alkanes of at least 4 members (excludes halogenated alkanes) is 2. The molecular weight excluding hydrogens is 200 g/mol. The predicted octanol–water partition coefficient (Wildman–Crippen LogP) is 3.68. The molecule has 0 unspecified atom stereocenters. The summed E-state index contributed by atoms with van der Waals surface area (Å²) < 4.78 is 0. The Hall–Kier alpha value is -0.0400. The van der Waals surface area contributed by atoms with Crippen LogP contribution in [0.5, 0.6) is 0 Å². The summed E-state index contributed by atoms with van der Waals surface area (Å²) >= 11 is 3.44. The molecule has 0 N–H and O–H groups in total. The highest BCUT2D eigenvalue weighted by Crippen LogP contribution is 2.16. The maximum absolute atomic E-state index is 3.44. The minimum absolute atomic E-state index is 0.741. The van der Waals surface area contributed by atoms with Crippen molar-refractivity contribution >= 4 is 15.9 Å². The van der Waals surface area contributed by atoms with Crippen LogP contribution < -0.4 is 0 Å². The molecule has 0 spiro atoms. The van der Waals surface area contributed by atoms with E-state index in [1.807, 2.05) is 0 Å². The van der Waals surface area contributed by atoms with E-state index >= 15 is 0 Å². The second kappa shape index (κ2) is 5.59. The van der Waals surface area contributed by atoms with Gasteiger partial charge in [-0.05, 0) is 18.8 Å². The zero-order valence-corrected chi connectivity index (χ0v) is 8.39. The van der Waals surface area contributed by atoms with Crippen LogP contribution in [0.3, 0.4) is 0 Å². The predicted molar refractivity (Wildman–Crippen MR) is 54.0 cm³/mol. The quantitative estimate of drug-likeness (QED) is 0.484. The lowest BCUT2D eigenvalue weighted by atomic mass is 10.0. The molecule has 0 nitrogen and oxygen atoms in total. The maximum atomic E-state index is 3.44. The Morgan fingerprint density at radius 3 is 2.36 bits per heavy atom. The van der Waals surface area contributed by atoms with E-state index in [1.165, 1.54) is 25.7 Å². The standard InChI is InChI=1S/C10H15Br/c11-9-5-1-2-6-10-7-3-4-8-10/h3-4,7-8,10H,1-2,5-6,9H2. The van der Waals surface area contributed by atoms with Crippen LogP contribution in [-0.2, 0) is 0 Å². The highest BCUT2D eigenvalue weighted by atomic mass is 79.9. The summed E-state index contributed by atoms with van der Waals surface area (Å²) in [6.07, 6.45) is 14.3. The number of alkyl halides is 1. The molecule has 1 heteroatoms. The molecule has 11 heavy (non-hydrogen) atoms. The van der Waals surface area contributed by atoms with Gasteiger partial charge in [-0.25, -0.2) is 0 Å². The smallest absolute Gasteiger partial charge is 0.00313 e. The number of hydrogen-bond acceptors (Lipinski definition) is 0. The van der Waals surface area contributed by atoms with Gasteiger partial charge in [-0.15, -0.1) is 0 Å². The summed E-state index contributed by atoms with van der Waals surface area (Å²) in [5.74, 6) is 0.741. The third-order valence-corrected chi connectivity index (χ3v) is 2.56. The first-order valence-electron chi connectivity index (χ1n) is 4.34. The summed E-state index contributed by atoms with van der Waals surface area (Å²) in [5.41, 5.74) is 0. The van der Waals surface area contributed by atoms with Gasteiger partial charge < -0.3 is 0 Å². The highest BCUT2D eigenvalue weighted by molar-refractivity contribution is 9.09. The molecule has 0 amide bonds. The third-order valence-electron chi connectivity index (χ3n) is 2.00. The Labute approximate surface area is 77.5 Å². The van der Waals surface area contributed by atoms with Crippen molar-refractivity contribution < 1.29 is 0 Å². The molecule has 0 saturated heterocycles. The van der Waals surface area contributed by atoms with Crippen molar-refractivity contribution in [3.8, 4) is 0 Å². The molecule has 0 aromatic carbocycles. The molecule has 0 bridgehead atoms. The lowest BCUT2D eigenvalue weighted by molar-refractivity contribution is 0.618. The first kappa shape index (κ1) is 9.05. The Bertz CT molecular complexity index is 135. The molecule has 0 aromatic heterocycles. The largest absolute Gasteiger partial charge is 0.0928 e. The number of allylic oxidation sites excluding steroid dienone is 4. The van der Waals surface area contributed by atoms with Gasteiger partial charge in [0, 0.05) is 5.33 Å². The SMILES string of the molecule is BrCCCCCC1C=CC=C1. The van der Waals surface area contributed by atoms with Crippen LogP contribution in [0, 0.1) is 5.92 Å². The van der Waals surface area contributed by atoms with Gasteiger partial charge in [0.1, 0.15) is 0 Å². The van der Waals surface area contributed by atoms with Gasteiger partial charge >= 0.3 is 0 Å². The lowest BCUT2D eigenvalue weighted by Crippen LogP contribution is -1.89. The molecule has 1 aliphatic rings. The van der Waals surface area contributed by atoms with E-state index in [4.69, 9.17) is 0 Å². The van der Waals surface area contributed by atoms with Crippen LogP contribution in [0.2, 0.25) is 0 Å². The molecule has 1 rings (SSSR count). The van der Waals surface area contributed by atoms with Crippen molar-refractivity contribution in [2.24, 2.45) is 5.92 Å². The Kier molecular flexibility index (Phi) is 4.60. The minimum atomic E-state index is 0.741. The van der Waals surface area contributed by atoms with Crippen LogP contribution in [0.25, 0.3) is 0 Å². The molecule has 0 fully saturated rings. The average molecular weight is 215 g/mol. The summed E-state index contributed by atoms with van der Waals surface area (Å²) in [6.45, 7) is 0. The fourth-order valence-electron chi connectivity index (χ4n) is 1.32. The van der Waals surface area contributed by atoms with Crippen molar-refractivity contribution in [1.29, 1.82) is 0 Å². The third kappa shape index (κ3) is 3.76. The van der Waals surface area contributed by atoms with Crippen LogP contribution in [-0.4, -0.2) is 5.33 Å². The van der Waals surface area contributed by atoms with Crippen molar-refractivity contribution in [1.82, 2.24) is 0 Å². The second-order valence-corrected chi connectivity index (χ2v) is 3.76. The van der Waals surface area contributed by atoms with Gasteiger partial charge in [-0.3, -0.25) is 0 Å². The Morgan fingerprint density at radius 1 is 1.00 bits per heavy atom. The zero-order chi connectivity index (χ0) is 7.94. The van der Waals surface area contributed by atoms with E-state index in [-0.39, 0.29) is 0 Å². The second-order valence-electron chi connectivity index (χ2n) is 2.97. The molecule has 62 valence electrons. The van der Waals surface area contributed by atoms with Crippen LogP contribution in [0.4, 0.5) is 0 Å². The van der Waals surface area contributed by atoms with E-state index in [9.17, 15) is 0 Å². The highest BCUT2D eigenvalue weighted by Gasteiger charge is 2.01. The normalized spacial score (nSPS) is 16.5. The molecule has 1 aliphatic carbocycles. The zero-order valence-electron chi connectivity index (χ0n) is 6.80. The molecule has 0 saturated carbocycles. The fraction of sp³-hybridized carbons (Fsp3) is 0.600. The molecule has 0 atom stereocenters. The molecule has 0 aliphatic heterocycles. The molecule has 0 heterocycles. The van der Waals surface area contributed by atoms with Crippen molar-refractivity contribution in [3.05, 3.63) is 24.3 Å². The summed E-state index contributed by atoms with van der Waals surface area (Å²) in [5, 5.41) is 1.16. The lowest BCUT2D eigenvalue weighted by Gasteiger charge is -2.03. The van der Waals surface area contributed by atoms with Crippen LogP contribution in [0.1, 0.15) is 25.7 Å². The van der Waals surface area contributed by atoms with Gasteiger partial charge in [-0.2, -0.15) is 0 Å². The van der Waals surface area contributed by atoms with Crippen molar-refractivity contribution in [2.75, 3.05) is 5.33 Å². The first-order chi connectivity index (χ1) is 5.43. The van der Waals surface area contributed by atoms with E-state index in [0.717, 1.165) is 11.2 Å². The molecule has 0 aromatic rings. The van der Waals surface area contributed by atoms with E-state index in [1.54, 1.807) is 0 Å². The number of rotatable bonds is 5. The van der Waals surface area contributed by atoms with Gasteiger partial charge in [0.2, 0.25) is 0 Å². The van der Waals surface area contributed by atoms with Crippen molar-refractivity contribution in [2.45, 2.75) is 25.7 Å². The topological polar surface area (TPSA) is 0 Å². The van der Waals surface area contributed by atoms with Crippen LogP contribution in [0.15, 0.2) is 24.3 Å². The summed E-state index contributed by atoms with van der Waals surface area (Å²) in [6, 6.07) is 0. The molecular formula is C10H15Br. The number of halogens is 1. The van der Waals surface area contributed by atoms with E-state index in [0.29, 0.717) is 0 Å². The summed E-state index contributed by atoms with van der Waals surface area (Å²) in [4.78, 5) is 0. The van der Waals surface area contributed by atoms with Gasteiger partial charge in [0.15, 0.2) is 0 Å². The average Bonchev–Trinajstić information content (AvgIpc) is 2.50. The van der Waals surface area contributed by atoms with Crippen molar-refractivity contribution in [3.63, 3.8) is 0 Å². The Morgan fingerprint density at radius 2 is 1.73 bits per heavy atom. The molecule has 0 radical (unpaired) electrons. The van der Waals surface area contributed by atoms with Gasteiger partial charge in [0.25, 0.3) is 0 Å². The van der Waals surface area contributed by atoms with E-state index in [2.05, 4.69) is 40.2 Å². The Balaban J connectivity index is 1.95. The fourth-order valence-corrected chi connectivity index (χ4v) is 1.72. The van der Waals surface area contributed by atoms with E-state index < -0.39 is 0 Å². The summed E-state index contributed by atoms with van der Waals surface area (Å²) in [7, 11) is 0.